The average Bonchev–Trinajstić information content (AvgIpc) is 2.88. The Labute approximate surface area is 138 Å². The number of amides is 2. The number of fused-ring (bicyclic) bond motifs is 1. The Morgan fingerprint density at radius 3 is 1.96 bits per heavy atom. The van der Waals surface area contributed by atoms with Gasteiger partial charge in [0.15, 0.2) is 6.29 Å². The van der Waals surface area contributed by atoms with Crippen LogP contribution in [0.5, 0.6) is 0 Å². The molecule has 0 bridgehead atoms. The van der Waals surface area contributed by atoms with Gasteiger partial charge in [0.1, 0.15) is 6.10 Å². The molecule has 0 saturated carbocycles. The lowest BCUT2D eigenvalue weighted by Gasteiger charge is -2.30. The average molecular weight is 325 g/mol. The molecule has 4 rings (SSSR count). The Hall–Kier alpha value is -2.54. The van der Waals surface area contributed by atoms with Crippen molar-refractivity contribution in [3.8, 4) is 0 Å². The van der Waals surface area contributed by atoms with Gasteiger partial charge in [-0.3, -0.25) is 14.4 Å². The zero-order valence-corrected chi connectivity index (χ0v) is 12.8. The first kappa shape index (κ1) is 15.0. The van der Waals surface area contributed by atoms with Gasteiger partial charge >= 0.3 is 0 Å². The van der Waals surface area contributed by atoms with Crippen LogP contribution in [-0.4, -0.2) is 36.2 Å². The fourth-order valence-electron chi connectivity index (χ4n) is 2.76. The fourth-order valence-corrected chi connectivity index (χ4v) is 2.76. The Morgan fingerprint density at radius 1 is 0.833 bits per heavy atom. The number of hydroxylamine groups is 2. The highest BCUT2D eigenvalue weighted by atomic mass is 16.8. The summed E-state index contributed by atoms with van der Waals surface area (Å²) in [6.07, 6.45) is -0.986. The van der Waals surface area contributed by atoms with E-state index in [-0.39, 0.29) is 13.2 Å². The number of ether oxygens (including phenoxy) is 2. The highest BCUT2D eigenvalue weighted by Gasteiger charge is 2.39. The summed E-state index contributed by atoms with van der Waals surface area (Å²) in [5.74, 6) is -0.915. The third-order valence-electron chi connectivity index (χ3n) is 3.95. The second-order valence-corrected chi connectivity index (χ2v) is 5.59. The van der Waals surface area contributed by atoms with E-state index in [1.165, 1.54) is 0 Å². The van der Waals surface area contributed by atoms with Crippen molar-refractivity contribution in [1.82, 2.24) is 5.06 Å². The maximum Gasteiger partial charge on any atom is 0.285 e. The first-order valence-corrected chi connectivity index (χ1v) is 7.67. The van der Waals surface area contributed by atoms with E-state index in [0.717, 1.165) is 10.6 Å². The predicted octanol–water partition coefficient (Wildman–Crippen LogP) is 2.33. The molecule has 2 amide bonds. The van der Waals surface area contributed by atoms with Crippen molar-refractivity contribution in [2.75, 3.05) is 13.2 Å². The lowest BCUT2D eigenvalue weighted by atomic mass is 10.1. The molecule has 1 fully saturated rings. The van der Waals surface area contributed by atoms with Crippen molar-refractivity contribution in [1.29, 1.82) is 0 Å². The van der Waals surface area contributed by atoms with Crippen LogP contribution >= 0.6 is 0 Å². The number of carbonyl (C=O) groups excluding carboxylic acids is 2. The zero-order valence-electron chi connectivity index (χ0n) is 12.8. The molecule has 0 N–H and O–H groups in total. The van der Waals surface area contributed by atoms with Crippen LogP contribution in [0.3, 0.4) is 0 Å². The van der Waals surface area contributed by atoms with Gasteiger partial charge in [0.2, 0.25) is 0 Å². The second-order valence-electron chi connectivity index (χ2n) is 5.59. The molecule has 2 aliphatic rings. The van der Waals surface area contributed by atoms with Gasteiger partial charge in [0.05, 0.1) is 24.3 Å². The van der Waals surface area contributed by atoms with Crippen molar-refractivity contribution in [2.45, 2.75) is 12.4 Å². The molecule has 0 spiro atoms. The number of imide groups is 1. The Morgan fingerprint density at radius 2 is 1.38 bits per heavy atom. The molecule has 122 valence electrons. The van der Waals surface area contributed by atoms with Crippen LogP contribution in [0.15, 0.2) is 54.6 Å². The summed E-state index contributed by atoms with van der Waals surface area (Å²) in [4.78, 5) is 30.1. The first-order valence-electron chi connectivity index (χ1n) is 7.67. The molecule has 6 nitrogen and oxygen atoms in total. The molecule has 0 atom stereocenters. The summed E-state index contributed by atoms with van der Waals surface area (Å²) in [6.45, 7) is 0.458. The Balaban J connectivity index is 1.40. The zero-order chi connectivity index (χ0) is 16.5. The first-order chi connectivity index (χ1) is 11.7. The van der Waals surface area contributed by atoms with Gasteiger partial charge in [0.25, 0.3) is 11.8 Å². The van der Waals surface area contributed by atoms with E-state index in [0.29, 0.717) is 11.1 Å². The van der Waals surface area contributed by atoms with Gasteiger partial charge in [-0.15, -0.1) is 5.06 Å². The number of benzene rings is 2. The molecule has 0 aromatic heterocycles. The number of carbonyl (C=O) groups is 2. The topological polar surface area (TPSA) is 65.1 Å². The second kappa shape index (κ2) is 6.16. The summed E-state index contributed by atoms with van der Waals surface area (Å²) in [5.41, 5.74) is 1.61. The van der Waals surface area contributed by atoms with Crippen LogP contribution in [0.4, 0.5) is 0 Å². The summed E-state index contributed by atoms with van der Waals surface area (Å²) in [6, 6.07) is 16.2. The lowest BCUT2D eigenvalue weighted by Crippen LogP contribution is -2.41. The van der Waals surface area contributed by atoms with Gasteiger partial charge in [0, 0.05) is 5.56 Å². The molecule has 24 heavy (non-hydrogen) atoms. The van der Waals surface area contributed by atoms with Crippen molar-refractivity contribution in [3.05, 3.63) is 71.3 Å². The van der Waals surface area contributed by atoms with Crippen LogP contribution < -0.4 is 0 Å². The lowest BCUT2D eigenvalue weighted by molar-refractivity contribution is -0.262. The van der Waals surface area contributed by atoms with Crippen molar-refractivity contribution >= 4 is 11.8 Å². The van der Waals surface area contributed by atoms with Crippen molar-refractivity contribution in [3.63, 3.8) is 0 Å². The number of hydrogen-bond donors (Lipinski definition) is 0. The molecule has 6 heteroatoms. The van der Waals surface area contributed by atoms with E-state index in [9.17, 15) is 9.59 Å². The van der Waals surface area contributed by atoms with E-state index in [2.05, 4.69) is 0 Å². The minimum atomic E-state index is -0.521. The van der Waals surface area contributed by atoms with Crippen molar-refractivity contribution < 1.29 is 23.9 Å². The number of rotatable bonds is 3. The third kappa shape index (κ3) is 2.60. The van der Waals surface area contributed by atoms with Gasteiger partial charge in [-0.25, -0.2) is 0 Å². The summed E-state index contributed by atoms with van der Waals surface area (Å²) in [5, 5.41) is 0.797. The predicted molar refractivity (Wildman–Crippen MR) is 82.9 cm³/mol. The van der Waals surface area contributed by atoms with E-state index in [1.54, 1.807) is 24.3 Å². The molecule has 0 unspecified atom stereocenters. The van der Waals surface area contributed by atoms with E-state index in [4.69, 9.17) is 14.3 Å². The van der Waals surface area contributed by atoms with Gasteiger partial charge in [-0.2, -0.15) is 0 Å². The molecule has 1 saturated heterocycles. The van der Waals surface area contributed by atoms with Crippen LogP contribution in [0.25, 0.3) is 0 Å². The minimum absolute atomic E-state index is 0.229. The van der Waals surface area contributed by atoms with Gasteiger partial charge in [-0.05, 0) is 12.1 Å². The van der Waals surface area contributed by atoms with Crippen LogP contribution in [0, 0.1) is 0 Å². The molecule has 2 aromatic carbocycles. The quantitative estimate of drug-likeness (QED) is 0.810. The largest absolute Gasteiger partial charge is 0.345 e. The van der Waals surface area contributed by atoms with E-state index < -0.39 is 24.2 Å². The number of hydrogen-bond acceptors (Lipinski definition) is 5. The van der Waals surface area contributed by atoms with Gasteiger partial charge in [-0.1, -0.05) is 42.5 Å². The smallest absolute Gasteiger partial charge is 0.285 e. The molecule has 0 radical (unpaired) electrons. The summed E-state index contributed by atoms with van der Waals surface area (Å²) < 4.78 is 11.3. The maximum absolute atomic E-state index is 12.3. The standard InChI is InChI=1S/C18H15NO5/c20-16-14-8-4-5-9-15(14)17(21)19(16)24-13-10-22-18(23-11-13)12-6-2-1-3-7-12/h1-9,13,18H,10-11H2. The fraction of sp³-hybridized carbons (Fsp3) is 0.222. The molecular formula is C18H15NO5. The summed E-state index contributed by atoms with van der Waals surface area (Å²) in [7, 11) is 0. The molecular weight excluding hydrogens is 310 g/mol. The Kier molecular flexibility index (Phi) is 3.86. The molecule has 0 aliphatic carbocycles. The number of nitrogens with zero attached hydrogens (tertiary/aromatic N) is 1. The highest BCUT2D eigenvalue weighted by molar-refractivity contribution is 6.20. The molecule has 2 heterocycles. The Bertz CT molecular complexity index is 733. The van der Waals surface area contributed by atoms with E-state index in [1.807, 2.05) is 30.3 Å². The summed E-state index contributed by atoms with van der Waals surface area (Å²) >= 11 is 0. The highest BCUT2D eigenvalue weighted by Crippen LogP contribution is 2.27. The molecule has 2 aromatic rings. The van der Waals surface area contributed by atoms with Crippen molar-refractivity contribution in [2.24, 2.45) is 0 Å². The van der Waals surface area contributed by atoms with Crippen LogP contribution in [0.1, 0.15) is 32.6 Å². The third-order valence-corrected chi connectivity index (χ3v) is 3.95. The molecule has 2 aliphatic heterocycles. The van der Waals surface area contributed by atoms with E-state index >= 15 is 0 Å². The van der Waals surface area contributed by atoms with Crippen LogP contribution in [-0.2, 0) is 14.3 Å². The minimum Gasteiger partial charge on any atom is -0.345 e. The maximum atomic E-state index is 12.3. The SMILES string of the molecule is O=C1c2ccccc2C(=O)N1OC1COC(c2ccccc2)OC1. The monoisotopic (exact) mass is 325 g/mol. The van der Waals surface area contributed by atoms with Crippen LogP contribution in [0.2, 0.25) is 0 Å². The van der Waals surface area contributed by atoms with Gasteiger partial charge < -0.3 is 9.47 Å². The normalized spacial score (nSPS) is 23.4.